The largest absolute Gasteiger partial charge is 0.492 e. The van der Waals surface area contributed by atoms with Gasteiger partial charge in [-0.15, -0.1) is 11.3 Å². The first kappa shape index (κ1) is 22.0. The summed E-state index contributed by atoms with van der Waals surface area (Å²) >= 11 is 8.46. The number of benzene rings is 2. The Hall–Kier alpha value is -1.70. The van der Waals surface area contributed by atoms with Crippen molar-refractivity contribution in [2.24, 2.45) is 0 Å². The van der Waals surface area contributed by atoms with Crippen molar-refractivity contribution in [1.82, 2.24) is 4.98 Å². The summed E-state index contributed by atoms with van der Waals surface area (Å²) in [6.45, 7) is 4.62. The van der Waals surface area contributed by atoms with Gasteiger partial charge < -0.3 is 10.1 Å². The number of carbonyl (C=O) groups is 1. The molecule has 0 saturated carbocycles. The number of thiazole rings is 1. The fourth-order valence-corrected chi connectivity index (χ4v) is 4.46. The number of carbonyl (C=O) groups excluding carboxylic acids is 1. The van der Waals surface area contributed by atoms with Gasteiger partial charge in [-0.25, -0.2) is 4.98 Å². The van der Waals surface area contributed by atoms with Gasteiger partial charge in [0.15, 0.2) is 5.13 Å². The molecule has 3 rings (SSSR count). The van der Waals surface area contributed by atoms with Crippen LogP contribution in [0.4, 0.5) is 5.13 Å². The fraction of sp³-hybridized carbons (Fsp3) is 0.273. The molecule has 3 aromatic rings. The molecule has 0 bridgehead atoms. The topological polar surface area (TPSA) is 51.2 Å². The number of aryl methyl sites for hydroxylation is 2. The molecular weight excluding hydrogens is 516 g/mol. The Morgan fingerprint density at radius 1 is 1.17 bits per heavy atom. The van der Waals surface area contributed by atoms with E-state index < -0.39 is 0 Å². The van der Waals surface area contributed by atoms with Gasteiger partial charge in [-0.1, -0.05) is 41.1 Å². The van der Waals surface area contributed by atoms with Gasteiger partial charge in [0, 0.05) is 21.3 Å². The lowest BCUT2D eigenvalue weighted by molar-refractivity contribution is -0.116. The summed E-state index contributed by atoms with van der Waals surface area (Å²) in [6, 6.07) is 14.1. The molecule has 0 saturated heterocycles. The van der Waals surface area contributed by atoms with Crippen molar-refractivity contribution >= 4 is 54.2 Å². The monoisotopic (exact) mass is 536 g/mol. The first-order valence-corrected chi connectivity index (χ1v) is 11.8. The Kier molecular flexibility index (Phi) is 7.86. The minimum atomic E-state index is -0.0508. The smallest absolute Gasteiger partial charge is 0.226 e. The lowest BCUT2D eigenvalue weighted by Crippen LogP contribution is -2.12. The molecule has 1 aromatic heterocycles. The summed E-state index contributed by atoms with van der Waals surface area (Å²) in [4.78, 5) is 17.9. The molecule has 1 heterocycles. The van der Waals surface area contributed by atoms with E-state index in [1.165, 1.54) is 16.9 Å². The van der Waals surface area contributed by atoms with Crippen molar-refractivity contribution in [3.05, 3.63) is 61.9 Å². The van der Waals surface area contributed by atoms with E-state index in [0.29, 0.717) is 24.6 Å². The van der Waals surface area contributed by atoms with Crippen molar-refractivity contribution in [2.75, 3.05) is 11.9 Å². The van der Waals surface area contributed by atoms with Crippen LogP contribution in [0.2, 0.25) is 0 Å². The van der Waals surface area contributed by atoms with E-state index in [1.807, 2.05) is 37.3 Å². The highest BCUT2D eigenvalue weighted by Crippen LogP contribution is 2.31. The average molecular weight is 538 g/mol. The molecule has 0 spiro atoms. The van der Waals surface area contributed by atoms with E-state index in [0.717, 1.165) is 37.3 Å². The predicted molar refractivity (Wildman–Crippen MR) is 127 cm³/mol. The number of nitrogens with one attached hydrogen (secondary N) is 1. The predicted octanol–water partition coefficient (Wildman–Crippen LogP) is 7.00. The summed E-state index contributed by atoms with van der Waals surface area (Å²) in [5, 5.41) is 3.53. The summed E-state index contributed by atoms with van der Waals surface area (Å²) in [6.07, 6.45) is 2.01. The first-order valence-electron chi connectivity index (χ1n) is 9.40. The second-order valence-electron chi connectivity index (χ2n) is 6.55. The van der Waals surface area contributed by atoms with Crippen molar-refractivity contribution in [3.63, 3.8) is 0 Å². The number of ether oxygens (including phenoxy) is 1. The van der Waals surface area contributed by atoms with E-state index in [2.05, 4.69) is 61.2 Å². The molecule has 0 atom stereocenters. The fourth-order valence-electron chi connectivity index (χ4n) is 2.80. The second kappa shape index (κ2) is 10.4. The van der Waals surface area contributed by atoms with Gasteiger partial charge in [0.25, 0.3) is 0 Å². The molecule has 0 aliphatic carbocycles. The van der Waals surface area contributed by atoms with Crippen molar-refractivity contribution < 1.29 is 9.53 Å². The Bertz CT molecular complexity index is 987. The maximum Gasteiger partial charge on any atom is 0.226 e. The van der Waals surface area contributed by atoms with Crippen LogP contribution in [0.5, 0.6) is 5.75 Å². The SMILES string of the molecule is CCc1ccc(OCCCC(=O)Nc2nc(-c3ccc(Br)cc3)c(C)s2)c(Br)c1. The van der Waals surface area contributed by atoms with Crippen molar-refractivity contribution in [2.45, 2.75) is 33.1 Å². The molecule has 1 amide bonds. The molecule has 2 aromatic carbocycles. The average Bonchev–Trinajstić information content (AvgIpc) is 3.06. The molecule has 0 aliphatic heterocycles. The summed E-state index contributed by atoms with van der Waals surface area (Å²) in [5.74, 6) is 0.752. The van der Waals surface area contributed by atoms with Crippen LogP contribution in [0, 0.1) is 6.92 Å². The number of hydrogen-bond donors (Lipinski definition) is 1. The quantitative estimate of drug-likeness (QED) is 0.314. The van der Waals surface area contributed by atoms with Gasteiger partial charge in [0.05, 0.1) is 16.8 Å². The minimum Gasteiger partial charge on any atom is -0.492 e. The highest BCUT2D eigenvalue weighted by Gasteiger charge is 2.12. The van der Waals surface area contributed by atoms with Gasteiger partial charge in [0.1, 0.15) is 5.75 Å². The normalized spacial score (nSPS) is 10.8. The van der Waals surface area contributed by atoms with Crippen LogP contribution in [0.15, 0.2) is 51.4 Å². The molecule has 0 aliphatic rings. The standard InChI is InChI=1S/C22H22Br2N2O2S/c1-3-15-6-11-19(18(24)13-15)28-12-4-5-20(27)25-22-26-21(14(2)29-22)16-7-9-17(23)10-8-16/h6-11,13H,3-5,12H2,1-2H3,(H,25,26,27). The zero-order valence-electron chi connectivity index (χ0n) is 16.3. The van der Waals surface area contributed by atoms with Crippen LogP contribution in [-0.4, -0.2) is 17.5 Å². The van der Waals surface area contributed by atoms with Crippen molar-refractivity contribution in [1.29, 1.82) is 0 Å². The molecule has 0 unspecified atom stereocenters. The lowest BCUT2D eigenvalue weighted by atomic mass is 10.1. The maximum atomic E-state index is 12.3. The number of anilines is 1. The van der Waals surface area contributed by atoms with Gasteiger partial charge in [-0.3, -0.25) is 4.79 Å². The molecule has 0 radical (unpaired) electrons. The van der Waals surface area contributed by atoms with Gasteiger partial charge in [-0.2, -0.15) is 0 Å². The zero-order chi connectivity index (χ0) is 20.8. The first-order chi connectivity index (χ1) is 14.0. The molecule has 4 nitrogen and oxygen atoms in total. The van der Waals surface area contributed by atoms with E-state index in [1.54, 1.807) is 0 Å². The summed E-state index contributed by atoms with van der Waals surface area (Å²) < 4.78 is 7.75. The zero-order valence-corrected chi connectivity index (χ0v) is 20.3. The van der Waals surface area contributed by atoms with E-state index in [-0.39, 0.29) is 5.91 Å². The lowest BCUT2D eigenvalue weighted by Gasteiger charge is -2.09. The number of hydrogen-bond acceptors (Lipinski definition) is 4. The van der Waals surface area contributed by atoms with Crippen LogP contribution < -0.4 is 10.1 Å². The molecule has 1 N–H and O–H groups in total. The minimum absolute atomic E-state index is 0.0508. The third kappa shape index (κ3) is 6.14. The van der Waals surface area contributed by atoms with Crippen molar-refractivity contribution in [3.8, 4) is 17.0 Å². The van der Waals surface area contributed by atoms with Crippen LogP contribution in [0.25, 0.3) is 11.3 Å². The number of amides is 1. The van der Waals surface area contributed by atoms with Crippen LogP contribution in [0.3, 0.4) is 0 Å². The highest BCUT2D eigenvalue weighted by atomic mass is 79.9. The maximum absolute atomic E-state index is 12.3. The number of aromatic nitrogens is 1. The highest BCUT2D eigenvalue weighted by molar-refractivity contribution is 9.10. The number of halogens is 2. The Balaban J connectivity index is 1.49. The van der Waals surface area contributed by atoms with Gasteiger partial charge in [0.2, 0.25) is 5.91 Å². The molecule has 152 valence electrons. The summed E-state index contributed by atoms with van der Waals surface area (Å²) in [5.41, 5.74) is 3.20. The van der Waals surface area contributed by atoms with Crippen LogP contribution in [0.1, 0.15) is 30.2 Å². The van der Waals surface area contributed by atoms with Crippen LogP contribution >= 0.6 is 43.2 Å². The number of rotatable bonds is 8. The Labute approximate surface area is 192 Å². The van der Waals surface area contributed by atoms with E-state index >= 15 is 0 Å². The Morgan fingerprint density at radius 2 is 1.93 bits per heavy atom. The van der Waals surface area contributed by atoms with Gasteiger partial charge >= 0.3 is 0 Å². The molecule has 0 fully saturated rings. The molecule has 29 heavy (non-hydrogen) atoms. The molecular formula is C22H22Br2N2O2S. The Morgan fingerprint density at radius 3 is 2.62 bits per heavy atom. The van der Waals surface area contributed by atoms with Crippen LogP contribution in [-0.2, 0) is 11.2 Å². The van der Waals surface area contributed by atoms with Gasteiger partial charge in [-0.05, 0) is 65.5 Å². The second-order valence-corrected chi connectivity index (χ2v) is 9.52. The molecule has 7 heteroatoms. The van der Waals surface area contributed by atoms with E-state index in [4.69, 9.17) is 4.74 Å². The summed E-state index contributed by atoms with van der Waals surface area (Å²) in [7, 11) is 0. The van der Waals surface area contributed by atoms with E-state index in [9.17, 15) is 4.79 Å². The third-order valence-electron chi connectivity index (χ3n) is 4.37. The number of nitrogens with zero attached hydrogens (tertiary/aromatic N) is 1. The third-order valence-corrected chi connectivity index (χ3v) is 6.41.